The fourth-order valence-corrected chi connectivity index (χ4v) is 4.34. The van der Waals surface area contributed by atoms with Crippen LogP contribution in [-0.4, -0.2) is 0 Å². The highest BCUT2D eigenvalue weighted by Crippen LogP contribution is 2.40. The summed E-state index contributed by atoms with van der Waals surface area (Å²) >= 11 is 0. The zero-order valence-corrected chi connectivity index (χ0v) is 19.5. The summed E-state index contributed by atoms with van der Waals surface area (Å²) in [4.78, 5) is 0. The Labute approximate surface area is 201 Å². The number of halogens is 5. The highest BCUT2D eigenvalue weighted by atomic mass is 19.3. The third kappa shape index (κ3) is 5.85. The molecule has 3 aromatic carbocycles. The van der Waals surface area contributed by atoms with Crippen LogP contribution in [-0.2, 0) is 6.11 Å². The van der Waals surface area contributed by atoms with Crippen LogP contribution in [0.1, 0.15) is 66.3 Å². The van der Waals surface area contributed by atoms with Crippen LogP contribution in [0.25, 0.3) is 0 Å². The molecule has 0 aliphatic heterocycles. The van der Waals surface area contributed by atoms with Gasteiger partial charge in [-0.3, -0.25) is 0 Å². The van der Waals surface area contributed by atoms with Crippen molar-refractivity contribution >= 4 is 0 Å². The number of hydrogen-bond donors (Lipinski definition) is 0. The van der Waals surface area contributed by atoms with Crippen LogP contribution >= 0.6 is 0 Å². The number of aryl methyl sites for hydroxylation is 1. The van der Waals surface area contributed by atoms with E-state index in [2.05, 4.69) is 23.5 Å². The lowest BCUT2D eigenvalue weighted by Gasteiger charge is -2.27. The van der Waals surface area contributed by atoms with Crippen LogP contribution in [0.3, 0.4) is 0 Å². The van der Waals surface area contributed by atoms with Crippen molar-refractivity contribution in [1.82, 2.24) is 0 Å². The third-order valence-corrected chi connectivity index (χ3v) is 6.42. The Morgan fingerprint density at radius 2 is 1.43 bits per heavy atom. The molecule has 6 heteroatoms. The van der Waals surface area contributed by atoms with Crippen molar-refractivity contribution < 1.29 is 26.7 Å². The molecule has 1 fully saturated rings. The van der Waals surface area contributed by atoms with Gasteiger partial charge in [-0.25, -0.2) is 13.2 Å². The van der Waals surface area contributed by atoms with Crippen molar-refractivity contribution in [3.8, 4) is 17.6 Å². The fourth-order valence-electron chi connectivity index (χ4n) is 4.34. The first kappa shape index (κ1) is 24.8. The average Bonchev–Trinajstić information content (AvgIpc) is 2.79. The average molecular weight is 485 g/mol. The molecule has 1 aliphatic rings. The molecule has 1 aliphatic carbocycles. The van der Waals surface area contributed by atoms with Crippen molar-refractivity contribution in [3.63, 3.8) is 0 Å². The van der Waals surface area contributed by atoms with E-state index in [1.165, 1.54) is 6.07 Å². The summed E-state index contributed by atoms with van der Waals surface area (Å²) in [7, 11) is 0. The zero-order valence-electron chi connectivity index (χ0n) is 19.5. The van der Waals surface area contributed by atoms with Crippen molar-refractivity contribution in [3.05, 3.63) is 99.9 Å². The largest absolute Gasteiger partial charge is 0.432 e. The van der Waals surface area contributed by atoms with Crippen molar-refractivity contribution in [2.45, 2.75) is 51.6 Å². The molecule has 0 heterocycles. The number of benzene rings is 3. The van der Waals surface area contributed by atoms with E-state index in [9.17, 15) is 22.0 Å². The standard InChI is InChI=1S/C29H25F5O/c1-18-3-7-20(8-4-18)9-12-22-13-14-24(17-25(22)30)35-29(33,34)28-26(31)15-23(16-27(28)32)21-10-5-19(2)6-11-21/h3-4,7-8,13-17,19,21H,5-6,10-11H2,1-2H3. The summed E-state index contributed by atoms with van der Waals surface area (Å²) in [6, 6.07) is 12.2. The number of alkyl halides is 2. The van der Waals surface area contributed by atoms with Crippen LogP contribution in [0.4, 0.5) is 22.0 Å². The molecule has 0 aromatic heterocycles. The van der Waals surface area contributed by atoms with E-state index in [-0.39, 0.29) is 11.5 Å². The summed E-state index contributed by atoms with van der Waals surface area (Å²) in [6.45, 7) is 4.04. The predicted molar refractivity (Wildman–Crippen MR) is 125 cm³/mol. The minimum atomic E-state index is -4.34. The second-order valence-electron chi connectivity index (χ2n) is 9.19. The normalized spacial score (nSPS) is 18.0. The lowest BCUT2D eigenvalue weighted by Crippen LogP contribution is -2.25. The van der Waals surface area contributed by atoms with Crippen LogP contribution in [0.15, 0.2) is 54.6 Å². The molecule has 182 valence electrons. The first-order chi connectivity index (χ1) is 16.6. The summed E-state index contributed by atoms with van der Waals surface area (Å²) in [5.41, 5.74) is 0.571. The van der Waals surface area contributed by atoms with Gasteiger partial charge in [0.25, 0.3) is 0 Å². The minimum Gasteiger partial charge on any atom is -0.429 e. The maximum Gasteiger partial charge on any atom is 0.432 e. The molecule has 0 radical (unpaired) electrons. The zero-order chi connectivity index (χ0) is 25.2. The number of ether oxygens (including phenoxy) is 1. The fraction of sp³-hybridized carbons (Fsp3) is 0.310. The lowest BCUT2D eigenvalue weighted by atomic mass is 9.79. The molecule has 0 unspecified atom stereocenters. The van der Waals surface area contributed by atoms with Crippen LogP contribution < -0.4 is 4.74 Å². The van der Waals surface area contributed by atoms with E-state index in [0.717, 1.165) is 55.5 Å². The highest BCUT2D eigenvalue weighted by molar-refractivity contribution is 5.45. The topological polar surface area (TPSA) is 9.23 Å². The minimum absolute atomic E-state index is 0.0234. The van der Waals surface area contributed by atoms with E-state index in [1.54, 1.807) is 12.1 Å². The summed E-state index contributed by atoms with van der Waals surface area (Å²) in [6.07, 6.45) is -0.984. The Bertz CT molecular complexity index is 1240. The van der Waals surface area contributed by atoms with Gasteiger partial charge in [0.2, 0.25) is 0 Å². The molecule has 0 spiro atoms. The van der Waals surface area contributed by atoms with Crippen molar-refractivity contribution in [2.75, 3.05) is 0 Å². The molecule has 0 bridgehead atoms. The Hall–Kier alpha value is -3.33. The van der Waals surface area contributed by atoms with Crippen LogP contribution in [0.2, 0.25) is 0 Å². The highest BCUT2D eigenvalue weighted by Gasteiger charge is 2.41. The van der Waals surface area contributed by atoms with Crippen LogP contribution in [0, 0.1) is 42.1 Å². The first-order valence-electron chi connectivity index (χ1n) is 11.6. The molecule has 0 saturated heterocycles. The molecular formula is C29H25F5O. The van der Waals surface area contributed by atoms with Crippen molar-refractivity contribution in [2.24, 2.45) is 5.92 Å². The van der Waals surface area contributed by atoms with Gasteiger partial charge in [-0.2, -0.15) is 8.78 Å². The Kier molecular flexibility index (Phi) is 7.16. The second-order valence-corrected chi connectivity index (χ2v) is 9.19. The Balaban J connectivity index is 1.53. The van der Waals surface area contributed by atoms with Gasteiger partial charge in [0, 0.05) is 11.6 Å². The summed E-state index contributed by atoms with van der Waals surface area (Å²) < 4.78 is 77.9. The SMILES string of the molecule is Cc1ccc(C#Cc2ccc(OC(F)(F)c3c(F)cc(C4CCC(C)CC4)cc3F)cc2F)cc1. The second kappa shape index (κ2) is 10.1. The molecule has 0 amide bonds. The van der Waals surface area contributed by atoms with Gasteiger partial charge >= 0.3 is 6.11 Å². The van der Waals surface area contributed by atoms with Crippen LogP contribution in [0.5, 0.6) is 5.75 Å². The first-order valence-corrected chi connectivity index (χ1v) is 11.6. The van der Waals surface area contributed by atoms with Gasteiger partial charge in [0.05, 0.1) is 5.56 Å². The van der Waals surface area contributed by atoms with Gasteiger partial charge < -0.3 is 4.74 Å². The molecule has 1 saturated carbocycles. The van der Waals surface area contributed by atoms with E-state index < -0.39 is 34.9 Å². The number of hydrogen-bond acceptors (Lipinski definition) is 1. The number of rotatable bonds is 4. The lowest BCUT2D eigenvalue weighted by molar-refractivity contribution is -0.189. The van der Waals surface area contributed by atoms with E-state index in [4.69, 9.17) is 0 Å². The molecule has 4 rings (SSSR count). The molecular weight excluding hydrogens is 459 g/mol. The van der Waals surface area contributed by atoms with Gasteiger partial charge in [-0.05, 0) is 73.6 Å². The summed E-state index contributed by atoms with van der Waals surface area (Å²) in [5.74, 6) is 1.68. The molecule has 3 aromatic rings. The third-order valence-electron chi connectivity index (χ3n) is 6.42. The van der Waals surface area contributed by atoms with Gasteiger partial charge in [0.15, 0.2) is 0 Å². The quantitative estimate of drug-likeness (QED) is 0.268. The van der Waals surface area contributed by atoms with E-state index in [0.29, 0.717) is 17.0 Å². The molecule has 0 N–H and O–H groups in total. The van der Waals surface area contributed by atoms with Gasteiger partial charge in [0.1, 0.15) is 28.8 Å². The Morgan fingerprint density at radius 1 is 0.800 bits per heavy atom. The molecule has 1 nitrogen and oxygen atoms in total. The van der Waals surface area contributed by atoms with Gasteiger partial charge in [-0.15, -0.1) is 0 Å². The maximum absolute atomic E-state index is 14.8. The van der Waals surface area contributed by atoms with E-state index in [1.807, 2.05) is 19.1 Å². The Morgan fingerprint density at radius 3 is 2.03 bits per heavy atom. The van der Waals surface area contributed by atoms with E-state index >= 15 is 0 Å². The summed E-state index contributed by atoms with van der Waals surface area (Å²) in [5, 5.41) is 0. The monoisotopic (exact) mass is 484 g/mol. The molecule has 0 atom stereocenters. The predicted octanol–water partition coefficient (Wildman–Crippen LogP) is 8.23. The van der Waals surface area contributed by atoms with Crippen molar-refractivity contribution in [1.29, 1.82) is 0 Å². The smallest absolute Gasteiger partial charge is 0.429 e. The molecule has 35 heavy (non-hydrogen) atoms. The van der Waals surface area contributed by atoms with Gasteiger partial charge in [-0.1, -0.05) is 49.3 Å². The maximum atomic E-state index is 14.8.